The van der Waals surface area contributed by atoms with Crippen molar-refractivity contribution in [2.45, 2.75) is 38.0 Å². The Labute approximate surface area is 111 Å². The van der Waals surface area contributed by atoms with Gasteiger partial charge in [0.1, 0.15) is 5.82 Å². The lowest BCUT2D eigenvalue weighted by Gasteiger charge is -2.18. The number of nitrogens with zero attached hydrogens (tertiary/aromatic N) is 3. The Morgan fingerprint density at radius 2 is 2.11 bits per heavy atom. The second-order valence-corrected chi connectivity index (χ2v) is 5.24. The fourth-order valence-electron chi connectivity index (χ4n) is 2.65. The van der Waals surface area contributed by atoms with Gasteiger partial charge in [0.2, 0.25) is 0 Å². The first-order valence-electron chi connectivity index (χ1n) is 6.83. The molecule has 2 heterocycles. The van der Waals surface area contributed by atoms with Crippen LogP contribution in [0, 0.1) is 0 Å². The third-order valence-corrected chi connectivity index (χ3v) is 3.86. The number of aromatic amines is 1. The van der Waals surface area contributed by atoms with Crippen LogP contribution in [0.15, 0.2) is 23.1 Å². The number of aromatic nitrogens is 4. The molecular weight excluding hydrogens is 240 g/mol. The van der Waals surface area contributed by atoms with Gasteiger partial charge in [0.05, 0.1) is 0 Å². The van der Waals surface area contributed by atoms with E-state index in [1.165, 1.54) is 36.7 Å². The Balaban J connectivity index is 1.87. The Bertz CT molecular complexity index is 622. The lowest BCUT2D eigenvalue weighted by molar-refractivity contribution is 0.429. The van der Waals surface area contributed by atoms with Gasteiger partial charge in [-0.1, -0.05) is 19.3 Å². The molecule has 5 nitrogen and oxygen atoms in total. The van der Waals surface area contributed by atoms with E-state index in [1.807, 2.05) is 6.07 Å². The van der Waals surface area contributed by atoms with Crippen LogP contribution in [0.1, 0.15) is 43.8 Å². The van der Waals surface area contributed by atoms with Crippen molar-refractivity contribution in [3.63, 3.8) is 0 Å². The summed E-state index contributed by atoms with van der Waals surface area (Å²) in [6, 6.07) is 3.45. The van der Waals surface area contributed by atoms with Crippen molar-refractivity contribution in [3.8, 4) is 11.4 Å². The van der Waals surface area contributed by atoms with Crippen LogP contribution in [0.3, 0.4) is 0 Å². The second kappa shape index (κ2) is 4.99. The maximum absolute atomic E-state index is 11.6. The molecule has 1 N–H and O–H groups in total. The van der Waals surface area contributed by atoms with Gasteiger partial charge < -0.3 is 4.57 Å². The lowest BCUT2D eigenvalue weighted by atomic mass is 9.89. The highest BCUT2D eigenvalue weighted by Gasteiger charge is 2.19. The zero-order valence-corrected chi connectivity index (χ0v) is 11.1. The van der Waals surface area contributed by atoms with Gasteiger partial charge in [-0.05, 0) is 18.9 Å². The normalized spacial score (nSPS) is 16.7. The number of pyridine rings is 1. The van der Waals surface area contributed by atoms with Crippen molar-refractivity contribution in [3.05, 3.63) is 34.5 Å². The van der Waals surface area contributed by atoms with Gasteiger partial charge in [0, 0.05) is 30.8 Å². The first-order valence-corrected chi connectivity index (χ1v) is 6.83. The molecule has 0 amide bonds. The molecule has 0 radical (unpaired) electrons. The fourth-order valence-corrected chi connectivity index (χ4v) is 2.65. The zero-order chi connectivity index (χ0) is 13.2. The monoisotopic (exact) mass is 258 g/mol. The molecule has 0 aliphatic heterocycles. The molecule has 0 aromatic carbocycles. The SMILES string of the molecule is Cn1ccc(-c2n[nH]c(C3CCCCC3)n2)cc1=O. The van der Waals surface area contributed by atoms with Gasteiger partial charge in [-0.3, -0.25) is 9.89 Å². The minimum atomic E-state index is -0.0403. The zero-order valence-electron chi connectivity index (χ0n) is 11.1. The van der Waals surface area contributed by atoms with Crippen LogP contribution in [0.4, 0.5) is 0 Å². The quantitative estimate of drug-likeness (QED) is 0.898. The third kappa shape index (κ3) is 2.45. The van der Waals surface area contributed by atoms with Gasteiger partial charge in [0.25, 0.3) is 5.56 Å². The molecule has 0 atom stereocenters. The molecule has 2 aromatic heterocycles. The Morgan fingerprint density at radius 1 is 1.32 bits per heavy atom. The summed E-state index contributed by atoms with van der Waals surface area (Å²) in [5.41, 5.74) is 0.739. The van der Waals surface area contributed by atoms with Crippen LogP contribution in [0.25, 0.3) is 11.4 Å². The van der Waals surface area contributed by atoms with Gasteiger partial charge in [0.15, 0.2) is 5.82 Å². The maximum atomic E-state index is 11.6. The number of hydrogen-bond acceptors (Lipinski definition) is 3. The molecular formula is C14H18N4O. The Kier molecular flexibility index (Phi) is 3.19. The minimum absolute atomic E-state index is 0.0403. The molecule has 5 heteroatoms. The van der Waals surface area contributed by atoms with Crippen LogP contribution in [-0.2, 0) is 7.05 Å². The molecule has 1 aliphatic rings. The van der Waals surface area contributed by atoms with Crippen molar-refractivity contribution < 1.29 is 0 Å². The number of nitrogens with one attached hydrogen (secondary N) is 1. The molecule has 0 unspecified atom stereocenters. The molecule has 1 saturated carbocycles. The molecule has 2 aromatic rings. The van der Waals surface area contributed by atoms with E-state index in [0.29, 0.717) is 11.7 Å². The van der Waals surface area contributed by atoms with Crippen LogP contribution >= 0.6 is 0 Å². The summed E-state index contributed by atoms with van der Waals surface area (Å²) in [6.45, 7) is 0. The summed E-state index contributed by atoms with van der Waals surface area (Å²) < 4.78 is 1.54. The molecule has 100 valence electrons. The van der Waals surface area contributed by atoms with Crippen molar-refractivity contribution in [1.29, 1.82) is 0 Å². The smallest absolute Gasteiger partial charge is 0.250 e. The first kappa shape index (κ1) is 12.1. The predicted molar refractivity (Wildman–Crippen MR) is 72.9 cm³/mol. The summed E-state index contributed by atoms with van der Waals surface area (Å²) in [6.07, 6.45) is 7.98. The van der Waals surface area contributed by atoms with Crippen LogP contribution in [0.5, 0.6) is 0 Å². The number of hydrogen-bond donors (Lipinski definition) is 1. The maximum Gasteiger partial charge on any atom is 0.250 e. The highest BCUT2D eigenvalue weighted by molar-refractivity contribution is 5.53. The average Bonchev–Trinajstić information content (AvgIpc) is 2.93. The standard InChI is InChI=1S/C14H18N4O/c1-18-8-7-11(9-12(18)19)14-15-13(16-17-14)10-5-3-2-4-6-10/h7-10H,2-6H2,1H3,(H,15,16,17). The second-order valence-electron chi connectivity index (χ2n) is 5.24. The predicted octanol–water partition coefficient (Wildman–Crippen LogP) is 2.22. The van der Waals surface area contributed by atoms with Gasteiger partial charge in [-0.2, -0.15) is 5.10 Å². The molecule has 0 bridgehead atoms. The third-order valence-electron chi connectivity index (χ3n) is 3.86. The Morgan fingerprint density at radius 3 is 2.84 bits per heavy atom. The van der Waals surface area contributed by atoms with Crippen LogP contribution < -0.4 is 5.56 Å². The number of H-pyrrole nitrogens is 1. The van der Waals surface area contributed by atoms with E-state index in [0.717, 1.165) is 11.4 Å². The molecule has 3 rings (SSSR count). The largest absolute Gasteiger partial charge is 0.319 e. The summed E-state index contributed by atoms with van der Waals surface area (Å²) in [5, 5.41) is 7.29. The number of rotatable bonds is 2. The minimum Gasteiger partial charge on any atom is -0.319 e. The molecule has 0 saturated heterocycles. The Hall–Kier alpha value is -1.91. The number of aryl methyl sites for hydroxylation is 1. The van der Waals surface area contributed by atoms with Crippen molar-refractivity contribution in [1.82, 2.24) is 19.7 Å². The van der Waals surface area contributed by atoms with E-state index in [-0.39, 0.29) is 5.56 Å². The first-order chi connectivity index (χ1) is 9.24. The summed E-state index contributed by atoms with van der Waals surface area (Å²) >= 11 is 0. The van der Waals surface area contributed by atoms with Crippen molar-refractivity contribution >= 4 is 0 Å². The topological polar surface area (TPSA) is 63.6 Å². The average molecular weight is 258 g/mol. The lowest BCUT2D eigenvalue weighted by Crippen LogP contribution is -2.14. The van der Waals surface area contributed by atoms with Gasteiger partial charge in [-0.25, -0.2) is 4.98 Å². The summed E-state index contributed by atoms with van der Waals surface area (Å²) in [5.74, 6) is 2.09. The van der Waals surface area contributed by atoms with E-state index in [4.69, 9.17) is 0 Å². The van der Waals surface area contributed by atoms with Crippen molar-refractivity contribution in [2.24, 2.45) is 7.05 Å². The fraction of sp³-hybridized carbons (Fsp3) is 0.500. The van der Waals surface area contributed by atoms with Crippen LogP contribution in [0.2, 0.25) is 0 Å². The summed E-state index contributed by atoms with van der Waals surface area (Å²) in [7, 11) is 1.73. The van der Waals surface area contributed by atoms with Crippen molar-refractivity contribution in [2.75, 3.05) is 0 Å². The molecule has 1 aliphatic carbocycles. The van der Waals surface area contributed by atoms with E-state index >= 15 is 0 Å². The summed E-state index contributed by atoms with van der Waals surface area (Å²) in [4.78, 5) is 16.2. The van der Waals surface area contributed by atoms with Crippen LogP contribution in [-0.4, -0.2) is 19.7 Å². The highest BCUT2D eigenvalue weighted by Crippen LogP contribution is 2.31. The van der Waals surface area contributed by atoms with Gasteiger partial charge >= 0.3 is 0 Å². The highest BCUT2D eigenvalue weighted by atomic mass is 16.1. The molecule has 1 fully saturated rings. The van der Waals surface area contributed by atoms with E-state index in [2.05, 4.69) is 15.2 Å². The van der Waals surface area contributed by atoms with E-state index in [1.54, 1.807) is 19.3 Å². The molecule has 19 heavy (non-hydrogen) atoms. The van der Waals surface area contributed by atoms with E-state index < -0.39 is 0 Å². The molecule has 0 spiro atoms. The van der Waals surface area contributed by atoms with E-state index in [9.17, 15) is 4.79 Å². The van der Waals surface area contributed by atoms with Gasteiger partial charge in [-0.15, -0.1) is 0 Å².